The highest BCUT2D eigenvalue weighted by molar-refractivity contribution is 6.13. The van der Waals surface area contributed by atoms with Gasteiger partial charge in [0, 0.05) is 23.1 Å². The van der Waals surface area contributed by atoms with E-state index < -0.39 is 0 Å². The molecule has 0 bridgehead atoms. The van der Waals surface area contributed by atoms with Gasteiger partial charge in [-0.1, -0.05) is 60.7 Å². The summed E-state index contributed by atoms with van der Waals surface area (Å²) in [6.45, 7) is 0. The largest absolute Gasteiger partial charge is 0.496 e. The van der Waals surface area contributed by atoms with Crippen LogP contribution in [-0.2, 0) is 6.42 Å². The van der Waals surface area contributed by atoms with Gasteiger partial charge in [-0.2, -0.15) is 0 Å². The summed E-state index contributed by atoms with van der Waals surface area (Å²) in [6, 6.07) is 21.3. The Morgan fingerprint density at radius 1 is 0.704 bits per heavy atom. The average Bonchev–Trinajstić information content (AvgIpc) is 2.74. The standard InChI is InChI=1S/C23H20O4/c1-26-20-13-14-21(27-2)22(23(25)17-11-7-4-8-12-17)18(20)15-19(24)16-9-5-3-6-10-16/h3-14H,15H2,1-2H3. The van der Waals surface area contributed by atoms with Crippen LogP contribution < -0.4 is 9.47 Å². The topological polar surface area (TPSA) is 52.6 Å². The number of carbonyl (C=O) groups is 2. The van der Waals surface area contributed by atoms with Gasteiger partial charge in [-0.3, -0.25) is 9.59 Å². The minimum absolute atomic E-state index is 0.0400. The monoisotopic (exact) mass is 360 g/mol. The normalized spacial score (nSPS) is 10.3. The summed E-state index contributed by atoms with van der Waals surface area (Å²) in [4.78, 5) is 26.0. The molecule has 0 radical (unpaired) electrons. The van der Waals surface area contributed by atoms with E-state index in [-0.39, 0.29) is 18.0 Å². The Kier molecular flexibility index (Phi) is 5.67. The number of hydrogen-bond donors (Lipinski definition) is 0. The summed E-state index contributed by atoms with van der Waals surface area (Å²) < 4.78 is 10.9. The van der Waals surface area contributed by atoms with Crippen LogP contribution in [0.25, 0.3) is 0 Å². The van der Waals surface area contributed by atoms with E-state index in [1.807, 2.05) is 24.3 Å². The molecule has 0 N–H and O–H groups in total. The van der Waals surface area contributed by atoms with Crippen LogP contribution in [-0.4, -0.2) is 25.8 Å². The van der Waals surface area contributed by atoms with Crippen LogP contribution in [0.2, 0.25) is 0 Å². The average molecular weight is 360 g/mol. The van der Waals surface area contributed by atoms with Gasteiger partial charge >= 0.3 is 0 Å². The van der Waals surface area contributed by atoms with E-state index in [1.165, 1.54) is 14.2 Å². The first-order valence-corrected chi connectivity index (χ1v) is 8.57. The van der Waals surface area contributed by atoms with Crippen molar-refractivity contribution in [3.05, 3.63) is 95.1 Å². The van der Waals surface area contributed by atoms with Crippen molar-refractivity contribution >= 4 is 11.6 Å². The molecule has 0 unspecified atom stereocenters. The van der Waals surface area contributed by atoms with E-state index in [9.17, 15) is 9.59 Å². The Labute approximate surface area is 158 Å². The van der Waals surface area contributed by atoms with E-state index in [1.54, 1.807) is 48.5 Å². The number of ether oxygens (including phenoxy) is 2. The summed E-state index contributed by atoms with van der Waals surface area (Å²) in [5.74, 6) is 0.603. The van der Waals surface area contributed by atoms with Gasteiger partial charge in [0.2, 0.25) is 0 Å². The first kappa shape index (κ1) is 18.4. The zero-order chi connectivity index (χ0) is 19.2. The van der Waals surface area contributed by atoms with Crippen LogP contribution in [0.3, 0.4) is 0 Å². The van der Waals surface area contributed by atoms with Gasteiger partial charge in [0.25, 0.3) is 0 Å². The van der Waals surface area contributed by atoms with Crippen LogP contribution in [0.5, 0.6) is 11.5 Å². The highest BCUT2D eigenvalue weighted by Crippen LogP contribution is 2.33. The highest BCUT2D eigenvalue weighted by atomic mass is 16.5. The maximum Gasteiger partial charge on any atom is 0.197 e. The van der Waals surface area contributed by atoms with Crippen LogP contribution in [0.15, 0.2) is 72.8 Å². The summed E-state index contributed by atoms with van der Waals surface area (Å²) in [5.41, 5.74) is 1.99. The van der Waals surface area contributed by atoms with E-state index in [0.29, 0.717) is 33.8 Å². The van der Waals surface area contributed by atoms with Crippen molar-refractivity contribution in [1.82, 2.24) is 0 Å². The van der Waals surface area contributed by atoms with E-state index >= 15 is 0 Å². The second-order valence-corrected chi connectivity index (χ2v) is 5.98. The van der Waals surface area contributed by atoms with Crippen molar-refractivity contribution in [3.63, 3.8) is 0 Å². The maximum atomic E-state index is 13.2. The van der Waals surface area contributed by atoms with Gasteiger partial charge in [-0.15, -0.1) is 0 Å². The Balaban J connectivity index is 2.11. The summed E-state index contributed by atoms with van der Waals surface area (Å²) in [7, 11) is 3.03. The number of methoxy groups -OCH3 is 2. The number of ketones is 2. The van der Waals surface area contributed by atoms with E-state index in [0.717, 1.165) is 0 Å². The molecule has 3 aromatic carbocycles. The third-order valence-electron chi connectivity index (χ3n) is 4.37. The highest BCUT2D eigenvalue weighted by Gasteiger charge is 2.24. The number of benzene rings is 3. The maximum absolute atomic E-state index is 13.2. The van der Waals surface area contributed by atoms with Gasteiger partial charge in [-0.05, 0) is 12.1 Å². The van der Waals surface area contributed by atoms with Gasteiger partial charge in [0.05, 0.1) is 19.8 Å². The molecular weight excluding hydrogens is 340 g/mol. The van der Waals surface area contributed by atoms with Crippen LogP contribution in [0.1, 0.15) is 31.8 Å². The SMILES string of the molecule is COc1ccc(OC)c(C(=O)c2ccccc2)c1CC(=O)c1ccccc1. The molecule has 136 valence electrons. The van der Waals surface area contributed by atoms with Crippen LogP contribution in [0.4, 0.5) is 0 Å². The van der Waals surface area contributed by atoms with Gasteiger partial charge in [0.15, 0.2) is 11.6 Å². The third kappa shape index (κ3) is 3.90. The lowest BCUT2D eigenvalue weighted by Crippen LogP contribution is -2.13. The van der Waals surface area contributed by atoms with E-state index in [4.69, 9.17) is 9.47 Å². The predicted molar refractivity (Wildman–Crippen MR) is 104 cm³/mol. The Bertz CT molecular complexity index is 947. The molecule has 0 heterocycles. The third-order valence-corrected chi connectivity index (χ3v) is 4.37. The van der Waals surface area contributed by atoms with Crippen molar-refractivity contribution < 1.29 is 19.1 Å². The number of carbonyl (C=O) groups excluding carboxylic acids is 2. The molecule has 0 aliphatic heterocycles. The van der Waals surface area contributed by atoms with Crippen LogP contribution in [0, 0.1) is 0 Å². The fraction of sp³-hybridized carbons (Fsp3) is 0.130. The van der Waals surface area contributed by atoms with Crippen LogP contribution >= 0.6 is 0 Å². The molecule has 27 heavy (non-hydrogen) atoms. The molecule has 3 rings (SSSR count). The zero-order valence-electron chi connectivity index (χ0n) is 15.3. The number of rotatable bonds is 7. The van der Waals surface area contributed by atoms with Crippen molar-refractivity contribution in [2.75, 3.05) is 14.2 Å². The van der Waals surface area contributed by atoms with Gasteiger partial charge in [0.1, 0.15) is 11.5 Å². The molecule has 0 aromatic heterocycles. The molecule has 0 fully saturated rings. The van der Waals surface area contributed by atoms with Crippen molar-refractivity contribution in [1.29, 1.82) is 0 Å². The molecule has 0 amide bonds. The lowest BCUT2D eigenvalue weighted by atomic mass is 9.92. The first-order valence-electron chi connectivity index (χ1n) is 8.57. The summed E-state index contributed by atoms with van der Waals surface area (Å²) in [6.07, 6.45) is 0.0400. The lowest BCUT2D eigenvalue weighted by Gasteiger charge is -2.16. The van der Waals surface area contributed by atoms with Gasteiger partial charge < -0.3 is 9.47 Å². The second kappa shape index (κ2) is 8.32. The number of hydrogen-bond acceptors (Lipinski definition) is 4. The van der Waals surface area contributed by atoms with Crippen molar-refractivity contribution in [2.24, 2.45) is 0 Å². The molecule has 0 aliphatic rings. The predicted octanol–water partition coefficient (Wildman–Crippen LogP) is 4.36. The summed E-state index contributed by atoms with van der Waals surface area (Å²) >= 11 is 0. The molecule has 0 saturated carbocycles. The zero-order valence-corrected chi connectivity index (χ0v) is 15.3. The van der Waals surface area contributed by atoms with Crippen molar-refractivity contribution in [2.45, 2.75) is 6.42 Å². The molecule has 3 aromatic rings. The lowest BCUT2D eigenvalue weighted by molar-refractivity contribution is 0.0991. The summed E-state index contributed by atoms with van der Waals surface area (Å²) in [5, 5.41) is 0. The first-order chi connectivity index (χ1) is 13.2. The minimum Gasteiger partial charge on any atom is -0.496 e. The smallest absolute Gasteiger partial charge is 0.197 e. The minimum atomic E-state index is -0.206. The molecule has 0 saturated heterocycles. The Morgan fingerprint density at radius 2 is 1.22 bits per heavy atom. The fourth-order valence-corrected chi connectivity index (χ4v) is 3.01. The molecular formula is C23H20O4. The molecule has 0 aliphatic carbocycles. The number of Topliss-reactive ketones (excluding diaryl/α,β-unsaturated/α-hetero) is 1. The van der Waals surface area contributed by atoms with E-state index in [2.05, 4.69) is 0 Å². The second-order valence-electron chi connectivity index (χ2n) is 5.98. The Morgan fingerprint density at radius 3 is 1.78 bits per heavy atom. The van der Waals surface area contributed by atoms with Crippen molar-refractivity contribution in [3.8, 4) is 11.5 Å². The molecule has 4 heteroatoms. The van der Waals surface area contributed by atoms with Gasteiger partial charge in [-0.25, -0.2) is 0 Å². The quantitative estimate of drug-likeness (QED) is 0.588. The molecule has 4 nitrogen and oxygen atoms in total. The fourth-order valence-electron chi connectivity index (χ4n) is 3.01. The Hall–Kier alpha value is -3.40. The molecule has 0 spiro atoms. The molecule has 0 atom stereocenters.